The van der Waals surface area contributed by atoms with Crippen LogP contribution in [0.3, 0.4) is 0 Å². The van der Waals surface area contributed by atoms with E-state index in [0.29, 0.717) is 16.8 Å². The zero-order chi connectivity index (χ0) is 20.2. The number of anilines is 1. The fourth-order valence-electron chi connectivity index (χ4n) is 2.86. The molecule has 0 aliphatic carbocycles. The number of amides is 1. The summed E-state index contributed by atoms with van der Waals surface area (Å²) in [7, 11) is 0. The van der Waals surface area contributed by atoms with Crippen LogP contribution in [0.2, 0.25) is 0 Å². The largest absolute Gasteiger partial charge is 0.355 e. The van der Waals surface area contributed by atoms with Crippen molar-refractivity contribution in [3.8, 4) is 11.3 Å². The van der Waals surface area contributed by atoms with Crippen LogP contribution in [0.15, 0.2) is 89.5 Å². The topological polar surface area (TPSA) is 72.2 Å². The summed E-state index contributed by atoms with van der Waals surface area (Å²) in [6.07, 6.45) is 0. The van der Waals surface area contributed by atoms with E-state index in [1.807, 2.05) is 6.07 Å². The third kappa shape index (κ3) is 3.96. The maximum atomic E-state index is 13.9. The van der Waals surface area contributed by atoms with Crippen LogP contribution in [0, 0.1) is 5.82 Å². The molecular formula is C23H15FN2O3. The average molecular weight is 386 g/mol. The van der Waals surface area contributed by atoms with Crippen LogP contribution in [0.4, 0.5) is 10.1 Å². The zero-order valence-electron chi connectivity index (χ0n) is 15.1. The normalized spacial score (nSPS) is 10.5. The lowest BCUT2D eigenvalue weighted by Crippen LogP contribution is -2.12. The quantitative estimate of drug-likeness (QED) is 0.492. The zero-order valence-corrected chi connectivity index (χ0v) is 15.1. The number of hydrogen-bond donors (Lipinski definition) is 1. The fraction of sp³-hybridized carbons (Fsp3) is 0. The molecule has 1 heterocycles. The molecule has 1 N–H and O–H groups in total. The number of rotatable bonds is 5. The number of hydrogen-bond acceptors (Lipinski definition) is 4. The third-order valence-corrected chi connectivity index (χ3v) is 4.30. The SMILES string of the molecule is O=C(c1ccccc1)c1cccc(NC(=O)c2cc(-c3ccccc3F)on2)c1. The van der Waals surface area contributed by atoms with Gasteiger partial charge >= 0.3 is 0 Å². The van der Waals surface area contributed by atoms with Crippen LogP contribution in [0.5, 0.6) is 0 Å². The van der Waals surface area contributed by atoms with Crippen molar-refractivity contribution in [3.63, 3.8) is 0 Å². The van der Waals surface area contributed by atoms with Crippen LogP contribution < -0.4 is 5.32 Å². The molecule has 3 aromatic carbocycles. The Hall–Kier alpha value is -4.06. The van der Waals surface area contributed by atoms with E-state index in [4.69, 9.17) is 4.52 Å². The minimum Gasteiger partial charge on any atom is -0.355 e. The molecule has 1 aromatic heterocycles. The maximum absolute atomic E-state index is 13.9. The monoisotopic (exact) mass is 386 g/mol. The molecule has 0 aliphatic rings. The van der Waals surface area contributed by atoms with Crippen molar-refractivity contribution < 1.29 is 18.5 Å². The number of halogens is 1. The van der Waals surface area contributed by atoms with E-state index in [1.54, 1.807) is 60.7 Å². The maximum Gasteiger partial charge on any atom is 0.277 e. The molecule has 0 saturated heterocycles. The molecule has 4 rings (SSSR count). The second-order valence-electron chi connectivity index (χ2n) is 6.29. The van der Waals surface area contributed by atoms with Gasteiger partial charge < -0.3 is 9.84 Å². The van der Waals surface area contributed by atoms with Crippen LogP contribution >= 0.6 is 0 Å². The molecule has 6 heteroatoms. The van der Waals surface area contributed by atoms with Gasteiger partial charge in [0, 0.05) is 22.9 Å². The van der Waals surface area contributed by atoms with E-state index >= 15 is 0 Å². The van der Waals surface area contributed by atoms with E-state index in [2.05, 4.69) is 10.5 Å². The minimum atomic E-state index is -0.527. The van der Waals surface area contributed by atoms with Crippen molar-refractivity contribution in [1.29, 1.82) is 0 Å². The molecule has 0 bridgehead atoms. The van der Waals surface area contributed by atoms with Crippen molar-refractivity contribution >= 4 is 17.4 Å². The lowest BCUT2D eigenvalue weighted by atomic mass is 10.0. The van der Waals surface area contributed by atoms with Gasteiger partial charge in [-0.05, 0) is 24.3 Å². The number of aromatic nitrogens is 1. The summed E-state index contributed by atoms with van der Waals surface area (Å²) in [4.78, 5) is 25.1. The Morgan fingerprint density at radius 1 is 0.828 bits per heavy atom. The first-order valence-electron chi connectivity index (χ1n) is 8.84. The van der Waals surface area contributed by atoms with Gasteiger partial charge in [-0.15, -0.1) is 0 Å². The minimum absolute atomic E-state index is 0.00282. The molecule has 29 heavy (non-hydrogen) atoms. The smallest absolute Gasteiger partial charge is 0.277 e. The van der Waals surface area contributed by atoms with Crippen molar-refractivity contribution in [1.82, 2.24) is 5.16 Å². The van der Waals surface area contributed by atoms with Crippen molar-refractivity contribution in [2.24, 2.45) is 0 Å². The van der Waals surface area contributed by atoms with Crippen molar-refractivity contribution in [2.45, 2.75) is 0 Å². The van der Waals surface area contributed by atoms with Crippen LogP contribution in [-0.4, -0.2) is 16.8 Å². The average Bonchev–Trinajstić information content (AvgIpc) is 3.24. The Bertz CT molecular complexity index is 1190. The van der Waals surface area contributed by atoms with Gasteiger partial charge in [-0.1, -0.05) is 59.8 Å². The number of carbonyl (C=O) groups excluding carboxylic acids is 2. The third-order valence-electron chi connectivity index (χ3n) is 4.30. The molecule has 0 aliphatic heterocycles. The molecular weight excluding hydrogens is 371 g/mol. The second-order valence-corrected chi connectivity index (χ2v) is 6.29. The van der Waals surface area contributed by atoms with Crippen LogP contribution in [0.1, 0.15) is 26.4 Å². The van der Waals surface area contributed by atoms with Gasteiger partial charge in [-0.25, -0.2) is 4.39 Å². The highest BCUT2D eigenvalue weighted by Crippen LogP contribution is 2.24. The lowest BCUT2D eigenvalue weighted by molar-refractivity contribution is 0.101. The van der Waals surface area contributed by atoms with Crippen molar-refractivity contribution in [2.75, 3.05) is 5.32 Å². The Labute approximate surface area is 165 Å². The van der Waals surface area contributed by atoms with Gasteiger partial charge in [-0.2, -0.15) is 0 Å². The van der Waals surface area contributed by atoms with Gasteiger partial charge in [0.1, 0.15) is 5.82 Å². The number of benzene rings is 3. The molecule has 0 fully saturated rings. The standard InChI is InChI=1S/C23H15FN2O3/c24-19-12-5-4-11-18(19)21-14-20(26-29-21)23(28)25-17-10-6-9-16(13-17)22(27)15-7-2-1-3-8-15/h1-14H,(H,25,28). The van der Waals surface area contributed by atoms with E-state index in [9.17, 15) is 14.0 Å². The molecule has 0 saturated carbocycles. The first-order valence-corrected chi connectivity index (χ1v) is 8.84. The lowest BCUT2D eigenvalue weighted by Gasteiger charge is -2.06. The highest BCUT2D eigenvalue weighted by atomic mass is 19.1. The van der Waals surface area contributed by atoms with E-state index in [0.717, 1.165) is 0 Å². The molecule has 0 unspecified atom stereocenters. The Morgan fingerprint density at radius 2 is 1.55 bits per heavy atom. The predicted octanol–water partition coefficient (Wildman–Crippen LogP) is 4.96. The highest BCUT2D eigenvalue weighted by Gasteiger charge is 2.17. The van der Waals surface area contributed by atoms with E-state index in [1.165, 1.54) is 18.2 Å². The summed E-state index contributed by atoms with van der Waals surface area (Å²) in [6, 6.07) is 22.9. The molecule has 1 amide bonds. The first-order chi connectivity index (χ1) is 14.1. The summed E-state index contributed by atoms with van der Waals surface area (Å²) in [6.45, 7) is 0. The number of carbonyl (C=O) groups is 2. The van der Waals surface area contributed by atoms with E-state index < -0.39 is 11.7 Å². The van der Waals surface area contributed by atoms with Crippen LogP contribution in [0.25, 0.3) is 11.3 Å². The molecule has 4 aromatic rings. The molecule has 0 spiro atoms. The molecule has 0 atom stereocenters. The summed E-state index contributed by atoms with van der Waals surface area (Å²) in [5.41, 5.74) is 1.66. The summed E-state index contributed by atoms with van der Waals surface area (Å²) in [5.74, 6) is -0.991. The van der Waals surface area contributed by atoms with E-state index in [-0.39, 0.29) is 22.8 Å². The summed E-state index contributed by atoms with van der Waals surface area (Å²) >= 11 is 0. The summed E-state index contributed by atoms with van der Waals surface area (Å²) in [5, 5.41) is 6.39. The van der Waals surface area contributed by atoms with Gasteiger partial charge in [-0.3, -0.25) is 9.59 Å². The number of ketones is 1. The second kappa shape index (κ2) is 7.90. The highest BCUT2D eigenvalue weighted by molar-refractivity contribution is 6.10. The summed E-state index contributed by atoms with van der Waals surface area (Å²) < 4.78 is 19.0. The molecule has 0 radical (unpaired) electrons. The fourth-order valence-corrected chi connectivity index (χ4v) is 2.86. The van der Waals surface area contributed by atoms with Gasteiger partial charge in [0.2, 0.25) is 0 Å². The van der Waals surface area contributed by atoms with Gasteiger partial charge in [0.05, 0.1) is 5.56 Å². The number of nitrogens with zero attached hydrogens (tertiary/aromatic N) is 1. The Morgan fingerprint density at radius 3 is 2.34 bits per heavy atom. The number of nitrogens with one attached hydrogen (secondary N) is 1. The first kappa shape index (κ1) is 18.3. The van der Waals surface area contributed by atoms with Gasteiger partial charge in [0.25, 0.3) is 5.91 Å². The van der Waals surface area contributed by atoms with Crippen LogP contribution in [-0.2, 0) is 0 Å². The molecule has 5 nitrogen and oxygen atoms in total. The predicted molar refractivity (Wildman–Crippen MR) is 106 cm³/mol. The van der Waals surface area contributed by atoms with Gasteiger partial charge in [0.15, 0.2) is 17.2 Å². The molecule has 142 valence electrons. The van der Waals surface area contributed by atoms with Crippen molar-refractivity contribution in [3.05, 3.63) is 108 Å². The Balaban J connectivity index is 1.52. The Kier molecular flexibility index (Phi) is 4.99.